The molecule has 0 aromatic carbocycles. The molecular formula is C12H20N2O3. The van der Waals surface area contributed by atoms with Crippen LogP contribution in [0.15, 0.2) is 10.6 Å². The molecule has 1 N–H and O–H groups in total. The lowest BCUT2D eigenvalue weighted by Gasteiger charge is -2.16. The normalized spacial score (nSPS) is 14.4. The number of rotatable bonds is 6. The van der Waals surface area contributed by atoms with Crippen LogP contribution in [-0.4, -0.2) is 23.6 Å². The van der Waals surface area contributed by atoms with Crippen molar-refractivity contribution in [1.82, 2.24) is 10.3 Å². The summed E-state index contributed by atoms with van der Waals surface area (Å²) >= 11 is 0. The summed E-state index contributed by atoms with van der Waals surface area (Å²) in [5.74, 6) is 1.23. The predicted octanol–water partition coefficient (Wildman–Crippen LogP) is 1.98. The molecule has 0 radical (unpaired) electrons. The second-order valence-electron chi connectivity index (χ2n) is 4.11. The molecule has 2 unspecified atom stereocenters. The topological polar surface area (TPSA) is 64.4 Å². The zero-order valence-electron chi connectivity index (χ0n) is 10.8. The van der Waals surface area contributed by atoms with Crippen LogP contribution in [0, 0.1) is 6.92 Å². The summed E-state index contributed by atoms with van der Waals surface area (Å²) in [6, 6.07) is 0.00406. The van der Waals surface area contributed by atoms with Crippen LogP contribution in [0.3, 0.4) is 0 Å². The Balaban J connectivity index is 2.40. The Kier molecular flexibility index (Phi) is 5.15. The summed E-state index contributed by atoms with van der Waals surface area (Å²) in [5, 5.41) is 3.24. The second kappa shape index (κ2) is 6.39. The fourth-order valence-electron chi connectivity index (χ4n) is 1.60. The monoisotopic (exact) mass is 240 g/mol. The number of ether oxygens (including phenoxy) is 1. The smallest absolute Gasteiger partial charge is 0.307 e. The van der Waals surface area contributed by atoms with Crippen molar-refractivity contribution in [3.05, 3.63) is 17.8 Å². The van der Waals surface area contributed by atoms with Gasteiger partial charge in [0.05, 0.1) is 25.3 Å². The van der Waals surface area contributed by atoms with Gasteiger partial charge in [-0.1, -0.05) is 0 Å². The summed E-state index contributed by atoms with van der Waals surface area (Å²) in [6.45, 7) is 7.95. The van der Waals surface area contributed by atoms with Gasteiger partial charge in [0.15, 0.2) is 0 Å². The first-order valence-corrected chi connectivity index (χ1v) is 5.87. The average Bonchev–Trinajstić information content (AvgIpc) is 2.64. The van der Waals surface area contributed by atoms with Crippen LogP contribution >= 0.6 is 0 Å². The van der Waals surface area contributed by atoms with Crippen molar-refractivity contribution in [2.75, 3.05) is 6.61 Å². The van der Waals surface area contributed by atoms with E-state index in [2.05, 4.69) is 10.3 Å². The molecule has 0 aliphatic carbocycles. The number of esters is 1. The van der Waals surface area contributed by atoms with Crippen molar-refractivity contribution in [3.63, 3.8) is 0 Å². The number of nitrogens with zero attached hydrogens (tertiary/aromatic N) is 1. The first kappa shape index (κ1) is 13.7. The third-order valence-corrected chi connectivity index (χ3v) is 2.32. The van der Waals surface area contributed by atoms with Gasteiger partial charge < -0.3 is 14.5 Å². The maximum absolute atomic E-state index is 11.3. The molecule has 1 aromatic heterocycles. The standard InChI is InChI=1S/C12H20N2O3/c1-5-16-11(15)6-8(2)14-10(4)12-13-7-9(3)17-12/h7-8,10,14H,5-6H2,1-4H3. The van der Waals surface area contributed by atoms with Crippen LogP contribution in [0.2, 0.25) is 0 Å². The molecule has 5 heteroatoms. The van der Waals surface area contributed by atoms with Crippen LogP contribution in [0.25, 0.3) is 0 Å². The summed E-state index contributed by atoms with van der Waals surface area (Å²) in [7, 11) is 0. The van der Waals surface area contributed by atoms with Gasteiger partial charge in [-0.3, -0.25) is 4.79 Å². The van der Waals surface area contributed by atoms with Gasteiger partial charge in [0, 0.05) is 6.04 Å². The molecule has 2 atom stereocenters. The SMILES string of the molecule is CCOC(=O)CC(C)NC(C)c1ncc(C)o1. The molecule has 1 rings (SSSR count). The van der Waals surface area contributed by atoms with Crippen molar-refractivity contribution < 1.29 is 13.9 Å². The number of carbonyl (C=O) groups is 1. The lowest BCUT2D eigenvalue weighted by Crippen LogP contribution is -2.31. The number of hydrogen-bond donors (Lipinski definition) is 1. The van der Waals surface area contributed by atoms with Crippen LogP contribution < -0.4 is 5.32 Å². The average molecular weight is 240 g/mol. The number of aromatic nitrogens is 1. The van der Waals surface area contributed by atoms with Crippen molar-refractivity contribution in [3.8, 4) is 0 Å². The molecule has 0 amide bonds. The number of carbonyl (C=O) groups excluding carboxylic acids is 1. The lowest BCUT2D eigenvalue weighted by molar-refractivity contribution is -0.143. The summed E-state index contributed by atoms with van der Waals surface area (Å²) in [6.07, 6.45) is 2.03. The highest BCUT2D eigenvalue weighted by molar-refractivity contribution is 5.70. The van der Waals surface area contributed by atoms with E-state index in [0.717, 1.165) is 5.76 Å². The Morgan fingerprint density at radius 2 is 2.29 bits per heavy atom. The second-order valence-corrected chi connectivity index (χ2v) is 4.11. The Bertz CT molecular complexity index is 362. The van der Waals surface area contributed by atoms with Crippen LogP contribution in [0.5, 0.6) is 0 Å². The molecule has 0 bridgehead atoms. The van der Waals surface area contributed by atoms with Crippen molar-refractivity contribution in [2.45, 2.75) is 46.2 Å². The Hall–Kier alpha value is -1.36. The van der Waals surface area contributed by atoms with E-state index >= 15 is 0 Å². The molecule has 5 nitrogen and oxygen atoms in total. The Labute approximate surface area is 102 Å². The minimum atomic E-state index is -0.191. The molecule has 0 aliphatic heterocycles. The van der Waals surface area contributed by atoms with E-state index in [0.29, 0.717) is 18.9 Å². The van der Waals surface area contributed by atoms with E-state index in [4.69, 9.17) is 9.15 Å². The lowest BCUT2D eigenvalue weighted by atomic mass is 10.2. The molecule has 0 saturated carbocycles. The van der Waals surface area contributed by atoms with E-state index in [-0.39, 0.29) is 18.1 Å². The Morgan fingerprint density at radius 3 is 2.82 bits per heavy atom. The molecule has 96 valence electrons. The van der Waals surface area contributed by atoms with Crippen LogP contribution in [0.4, 0.5) is 0 Å². The molecule has 0 fully saturated rings. The first-order chi connectivity index (χ1) is 8.02. The van der Waals surface area contributed by atoms with Crippen LogP contribution in [-0.2, 0) is 9.53 Å². The zero-order chi connectivity index (χ0) is 12.8. The fourth-order valence-corrected chi connectivity index (χ4v) is 1.60. The highest BCUT2D eigenvalue weighted by Gasteiger charge is 2.16. The third kappa shape index (κ3) is 4.56. The number of nitrogens with one attached hydrogen (secondary N) is 1. The maximum atomic E-state index is 11.3. The zero-order valence-corrected chi connectivity index (χ0v) is 10.8. The van der Waals surface area contributed by atoms with Gasteiger partial charge in [0.1, 0.15) is 5.76 Å². The van der Waals surface area contributed by atoms with Crippen molar-refractivity contribution >= 4 is 5.97 Å². The molecular weight excluding hydrogens is 220 g/mol. The number of hydrogen-bond acceptors (Lipinski definition) is 5. The van der Waals surface area contributed by atoms with Gasteiger partial charge in [0.2, 0.25) is 5.89 Å². The minimum absolute atomic E-state index is 0.0203. The Morgan fingerprint density at radius 1 is 1.59 bits per heavy atom. The van der Waals surface area contributed by atoms with E-state index in [1.54, 1.807) is 13.1 Å². The van der Waals surface area contributed by atoms with Gasteiger partial charge >= 0.3 is 5.97 Å². The van der Waals surface area contributed by atoms with Crippen molar-refractivity contribution in [1.29, 1.82) is 0 Å². The summed E-state index contributed by atoms with van der Waals surface area (Å²) in [4.78, 5) is 15.4. The van der Waals surface area contributed by atoms with Crippen LogP contribution in [0.1, 0.15) is 44.9 Å². The molecule has 0 aliphatic rings. The number of aryl methyl sites for hydroxylation is 1. The molecule has 0 spiro atoms. The van der Waals surface area contributed by atoms with Gasteiger partial charge in [-0.25, -0.2) is 4.98 Å². The maximum Gasteiger partial charge on any atom is 0.307 e. The molecule has 0 saturated heterocycles. The van der Waals surface area contributed by atoms with E-state index in [1.165, 1.54) is 0 Å². The highest BCUT2D eigenvalue weighted by atomic mass is 16.5. The van der Waals surface area contributed by atoms with E-state index in [9.17, 15) is 4.79 Å². The van der Waals surface area contributed by atoms with Gasteiger partial charge in [-0.15, -0.1) is 0 Å². The largest absolute Gasteiger partial charge is 0.466 e. The predicted molar refractivity (Wildman–Crippen MR) is 63.5 cm³/mol. The molecule has 1 heterocycles. The van der Waals surface area contributed by atoms with E-state index < -0.39 is 0 Å². The summed E-state index contributed by atoms with van der Waals surface area (Å²) in [5.41, 5.74) is 0. The van der Waals surface area contributed by atoms with E-state index in [1.807, 2.05) is 20.8 Å². The minimum Gasteiger partial charge on any atom is -0.466 e. The third-order valence-electron chi connectivity index (χ3n) is 2.32. The number of oxazole rings is 1. The van der Waals surface area contributed by atoms with Gasteiger partial charge in [0.25, 0.3) is 0 Å². The highest BCUT2D eigenvalue weighted by Crippen LogP contribution is 2.13. The van der Waals surface area contributed by atoms with Crippen molar-refractivity contribution in [2.24, 2.45) is 0 Å². The summed E-state index contributed by atoms with van der Waals surface area (Å²) < 4.78 is 10.3. The fraction of sp³-hybridized carbons (Fsp3) is 0.667. The first-order valence-electron chi connectivity index (χ1n) is 5.87. The van der Waals surface area contributed by atoms with Gasteiger partial charge in [-0.05, 0) is 27.7 Å². The molecule has 1 aromatic rings. The molecule has 17 heavy (non-hydrogen) atoms. The quantitative estimate of drug-likeness (QED) is 0.770. The van der Waals surface area contributed by atoms with Gasteiger partial charge in [-0.2, -0.15) is 0 Å².